The number of aliphatic hydroxyl groups excluding tert-OH is 1. The molecular weight excluding hydrogens is 421 g/mol. The van der Waals surface area contributed by atoms with Crippen molar-refractivity contribution >= 4 is 40.2 Å². The van der Waals surface area contributed by atoms with E-state index in [0.717, 1.165) is 18.1 Å². The number of para-hydroxylation sites is 1. The molecule has 0 aliphatic carbocycles. The van der Waals surface area contributed by atoms with Crippen molar-refractivity contribution in [1.29, 1.82) is 0 Å². The molecule has 0 spiro atoms. The van der Waals surface area contributed by atoms with Gasteiger partial charge in [-0.05, 0) is 50.3 Å². The predicted molar refractivity (Wildman–Crippen MR) is 130 cm³/mol. The van der Waals surface area contributed by atoms with Crippen molar-refractivity contribution in [2.75, 3.05) is 18.5 Å². The van der Waals surface area contributed by atoms with Crippen molar-refractivity contribution < 1.29 is 9.50 Å². The smallest absolute Gasteiger partial charge is 0.166 e. The number of aromatic amines is 1. The van der Waals surface area contributed by atoms with Gasteiger partial charge in [0.25, 0.3) is 0 Å². The normalized spacial score (nSPS) is 13.6. The summed E-state index contributed by atoms with van der Waals surface area (Å²) in [4.78, 5) is 20.4. The van der Waals surface area contributed by atoms with E-state index in [2.05, 4.69) is 43.0 Å². The minimum atomic E-state index is -0.544. The molecule has 8 nitrogen and oxygen atoms in total. The van der Waals surface area contributed by atoms with Crippen LogP contribution in [0, 0.1) is 0 Å². The van der Waals surface area contributed by atoms with Gasteiger partial charge in [0.2, 0.25) is 0 Å². The zero-order valence-electron chi connectivity index (χ0n) is 18.6. The summed E-state index contributed by atoms with van der Waals surface area (Å²) in [5.41, 5.74) is 3.98. The number of hydrogen-bond donors (Lipinski definition) is 3. The van der Waals surface area contributed by atoms with Gasteiger partial charge in [0.05, 0.1) is 25.2 Å². The average Bonchev–Trinajstić information content (AvgIpc) is 3.43. The molecule has 0 aliphatic rings. The molecule has 1 atom stereocenters. The van der Waals surface area contributed by atoms with Gasteiger partial charge in [0.1, 0.15) is 11.3 Å². The topological polar surface area (TPSA) is 104 Å². The number of halogens is 1. The zero-order chi connectivity index (χ0) is 23.4. The Bertz CT molecular complexity index is 1350. The Kier molecular flexibility index (Phi) is 6.60. The van der Waals surface area contributed by atoms with Crippen molar-refractivity contribution in [2.24, 2.45) is 4.99 Å². The first-order chi connectivity index (χ1) is 16.0. The highest BCUT2D eigenvalue weighted by molar-refractivity contribution is 5.85. The average molecular weight is 448 g/mol. The van der Waals surface area contributed by atoms with Crippen molar-refractivity contribution in [2.45, 2.75) is 26.3 Å². The van der Waals surface area contributed by atoms with E-state index in [1.54, 1.807) is 17.8 Å². The maximum Gasteiger partial charge on any atom is 0.166 e. The second kappa shape index (κ2) is 9.74. The Morgan fingerprint density at radius 2 is 2.18 bits per heavy atom. The molecule has 0 saturated heterocycles. The molecule has 4 rings (SSSR count). The molecular formula is C24H26FN7O. The monoisotopic (exact) mass is 447 g/mol. The number of nitrogens with zero attached hydrogens (tertiary/aromatic N) is 5. The molecule has 3 aromatic heterocycles. The fraction of sp³-hybridized carbons (Fsp3) is 0.250. The minimum absolute atomic E-state index is 0.0642. The molecule has 9 heteroatoms. The fourth-order valence-electron chi connectivity index (χ4n) is 3.68. The van der Waals surface area contributed by atoms with Crippen LogP contribution in [0.3, 0.4) is 0 Å². The lowest BCUT2D eigenvalue weighted by molar-refractivity contribution is 0.241. The number of H-pyrrole nitrogens is 1. The quantitative estimate of drug-likeness (QED) is 0.260. The summed E-state index contributed by atoms with van der Waals surface area (Å²) < 4.78 is 15.8. The first-order valence-electron chi connectivity index (χ1n) is 10.7. The summed E-state index contributed by atoms with van der Waals surface area (Å²) in [7, 11) is 0. The standard InChI is InChI=1S/C24H26FN7O/c1-15(10-18(25)12-26-3)22-30-23(21-24(31-22)32(14-29-21)16(2)13-33)27-9-8-17-11-28-20-7-5-4-6-19(17)20/h4-7,10-12,14,16,28,33H,3,8-9,13H2,1-2H3,(H,27,30,31)/b15-10+,18-12+/t16-/m1/s1. The molecule has 3 N–H and O–H groups in total. The number of aliphatic imine (C=N–C) groups is 1. The lowest BCUT2D eigenvalue weighted by atomic mass is 10.1. The van der Waals surface area contributed by atoms with E-state index in [-0.39, 0.29) is 12.6 Å². The van der Waals surface area contributed by atoms with Gasteiger partial charge >= 0.3 is 0 Å². The van der Waals surface area contributed by atoms with E-state index in [4.69, 9.17) is 0 Å². The van der Waals surface area contributed by atoms with E-state index in [0.29, 0.717) is 34.9 Å². The van der Waals surface area contributed by atoms with Gasteiger partial charge in [-0.1, -0.05) is 18.2 Å². The third kappa shape index (κ3) is 4.68. The third-order valence-electron chi connectivity index (χ3n) is 5.44. The number of aliphatic hydroxyl groups is 1. The summed E-state index contributed by atoms with van der Waals surface area (Å²) in [6, 6.07) is 7.94. The molecule has 170 valence electrons. The van der Waals surface area contributed by atoms with Crippen LogP contribution in [-0.4, -0.2) is 49.5 Å². The van der Waals surface area contributed by atoms with E-state index in [9.17, 15) is 9.50 Å². The number of hydrogen-bond acceptors (Lipinski definition) is 6. The van der Waals surface area contributed by atoms with Crippen molar-refractivity contribution in [3.63, 3.8) is 0 Å². The van der Waals surface area contributed by atoms with Crippen LogP contribution in [0.5, 0.6) is 0 Å². The van der Waals surface area contributed by atoms with E-state index in [1.807, 2.05) is 31.3 Å². The van der Waals surface area contributed by atoms with Gasteiger partial charge in [-0.15, -0.1) is 0 Å². The lowest BCUT2D eigenvalue weighted by Gasteiger charge is -2.12. The predicted octanol–water partition coefficient (Wildman–Crippen LogP) is 4.43. The maximum atomic E-state index is 14.0. The van der Waals surface area contributed by atoms with Crippen LogP contribution in [0.15, 0.2) is 59.9 Å². The molecule has 0 aliphatic heterocycles. The zero-order valence-corrected chi connectivity index (χ0v) is 18.6. The number of benzene rings is 1. The van der Waals surface area contributed by atoms with Crippen LogP contribution in [0.2, 0.25) is 0 Å². The first-order valence-corrected chi connectivity index (χ1v) is 10.7. The number of rotatable bonds is 9. The Morgan fingerprint density at radius 3 is 2.97 bits per heavy atom. The summed E-state index contributed by atoms with van der Waals surface area (Å²) in [5, 5.41) is 14.2. The van der Waals surface area contributed by atoms with Crippen LogP contribution in [0.1, 0.15) is 31.3 Å². The molecule has 4 aromatic rings. The van der Waals surface area contributed by atoms with Gasteiger partial charge < -0.3 is 20.0 Å². The van der Waals surface area contributed by atoms with E-state index >= 15 is 0 Å². The largest absolute Gasteiger partial charge is 0.394 e. The second-order valence-corrected chi connectivity index (χ2v) is 7.81. The number of anilines is 1. The van der Waals surface area contributed by atoms with Crippen molar-refractivity contribution in [3.8, 4) is 0 Å². The van der Waals surface area contributed by atoms with Crippen LogP contribution in [-0.2, 0) is 6.42 Å². The molecule has 0 saturated carbocycles. The Morgan fingerprint density at radius 1 is 1.36 bits per heavy atom. The van der Waals surface area contributed by atoms with E-state index in [1.165, 1.54) is 17.0 Å². The minimum Gasteiger partial charge on any atom is -0.394 e. The highest BCUT2D eigenvalue weighted by Gasteiger charge is 2.17. The van der Waals surface area contributed by atoms with Crippen LogP contribution >= 0.6 is 0 Å². The lowest BCUT2D eigenvalue weighted by Crippen LogP contribution is -2.11. The Labute approximate surface area is 190 Å². The number of fused-ring (bicyclic) bond motifs is 2. The second-order valence-electron chi connectivity index (χ2n) is 7.81. The van der Waals surface area contributed by atoms with Crippen LogP contribution < -0.4 is 5.32 Å². The van der Waals surface area contributed by atoms with Gasteiger partial charge in [-0.2, -0.15) is 0 Å². The molecule has 0 amide bonds. The highest BCUT2D eigenvalue weighted by atomic mass is 19.1. The summed E-state index contributed by atoms with van der Waals surface area (Å²) in [6.07, 6.45) is 6.76. The van der Waals surface area contributed by atoms with Gasteiger partial charge in [0.15, 0.2) is 17.3 Å². The maximum absolute atomic E-state index is 14.0. The summed E-state index contributed by atoms with van der Waals surface area (Å²) >= 11 is 0. The van der Waals surface area contributed by atoms with Crippen molar-refractivity contribution in [1.82, 2.24) is 24.5 Å². The molecule has 0 bridgehead atoms. The van der Waals surface area contributed by atoms with Gasteiger partial charge in [-0.3, -0.25) is 4.99 Å². The number of imidazole rings is 1. The molecule has 0 unspecified atom stereocenters. The Hall–Kier alpha value is -3.85. The SMILES string of the molecule is C=N/C=C(F)\C=C(/C)c1nc(NCCc2c[nH]c3ccccc23)c2ncn([C@H](C)CO)c2n1. The number of nitrogens with one attached hydrogen (secondary N) is 2. The summed E-state index contributed by atoms with van der Waals surface area (Å²) in [5.74, 6) is 0.367. The van der Waals surface area contributed by atoms with Crippen molar-refractivity contribution in [3.05, 3.63) is 66.3 Å². The van der Waals surface area contributed by atoms with Crippen LogP contribution in [0.25, 0.3) is 27.6 Å². The number of allylic oxidation sites excluding steroid dienone is 3. The fourth-order valence-corrected chi connectivity index (χ4v) is 3.68. The first kappa shape index (κ1) is 22.3. The highest BCUT2D eigenvalue weighted by Crippen LogP contribution is 2.25. The molecule has 3 heterocycles. The van der Waals surface area contributed by atoms with Gasteiger partial charge in [0, 0.05) is 23.6 Å². The van der Waals surface area contributed by atoms with Gasteiger partial charge in [-0.25, -0.2) is 19.3 Å². The molecule has 33 heavy (non-hydrogen) atoms. The number of aromatic nitrogens is 5. The van der Waals surface area contributed by atoms with Crippen LogP contribution in [0.4, 0.5) is 10.2 Å². The Balaban J connectivity index is 1.67. The molecule has 0 radical (unpaired) electrons. The molecule has 0 fully saturated rings. The summed E-state index contributed by atoms with van der Waals surface area (Å²) in [6.45, 7) is 7.42. The molecule has 1 aromatic carbocycles. The van der Waals surface area contributed by atoms with E-state index < -0.39 is 5.83 Å². The third-order valence-corrected chi connectivity index (χ3v) is 5.44.